The van der Waals surface area contributed by atoms with Gasteiger partial charge in [-0.05, 0) is 6.07 Å². The number of halogens is 1. The maximum absolute atomic E-state index is 10.8. The third-order valence-corrected chi connectivity index (χ3v) is 2.71. The Kier molecular flexibility index (Phi) is 6.06. The summed E-state index contributed by atoms with van der Waals surface area (Å²) in [6.45, 7) is 1.44. The number of carboxylic acid groups (broad SMARTS) is 1. The Morgan fingerprint density at radius 3 is 2.89 bits per heavy atom. The first-order valence-electron chi connectivity index (χ1n) is 5.59. The molecular formula is C12H14ClN3O3. The zero-order chi connectivity index (χ0) is 14.3. The third-order valence-electron chi connectivity index (χ3n) is 2.43. The van der Waals surface area contributed by atoms with Gasteiger partial charge in [-0.25, -0.2) is 9.78 Å². The molecule has 0 aliphatic heterocycles. The molecule has 1 N–H and O–H groups in total. The van der Waals surface area contributed by atoms with E-state index in [1.807, 2.05) is 6.07 Å². The minimum Gasteiger partial charge on any atom is -0.478 e. The second-order valence-corrected chi connectivity index (χ2v) is 4.13. The average molecular weight is 284 g/mol. The molecule has 0 amide bonds. The molecule has 19 heavy (non-hydrogen) atoms. The van der Waals surface area contributed by atoms with Crippen molar-refractivity contribution in [1.82, 2.24) is 4.98 Å². The zero-order valence-corrected chi connectivity index (χ0v) is 11.2. The molecule has 1 heterocycles. The Morgan fingerprint density at radius 1 is 1.63 bits per heavy atom. The number of nitriles is 1. The summed E-state index contributed by atoms with van der Waals surface area (Å²) in [6.07, 6.45) is 1.57. The van der Waals surface area contributed by atoms with Gasteiger partial charge in [-0.15, -0.1) is 0 Å². The summed E-state index contributed by atoms with van der Waals surface area (Å²) in [5.41, 5.74) is 0.0284. The lowest BCUT2D eigenvalue weighted by Gasteiger charge is -2.23. The molecule has 1 aromatic heterocycles. The van der Waals surface area contributed by atoms with Crippen LogP contribution in [0.5, 0.6) is 0 Å². The van der Waals surface area contributed by atoms with E-state index >= 15 is 0 Å². The molecule has 0 unspecified atom stereocenters. The Bertz CT molecular complexity index is 488. The van der Waals surface area contributed by atoms with Crippen LogP contribution in [0.25, 0.3) is 0 Å². The van der Waals surface area contributed by atoms with Gasteiger partial charge in [0.2, 0.25) is 0 Å². The molecule has 1 rings (SSSR count). The van der Waals surface area contributed by atoms with Crippen molar-refractivity contribution in [2.75, 3.05) is 31.7 Å². The molecule has 0 bridgehead atoms. The van der Waals surface area contributed by atoms with E-state index < -0.39 is 5.97 Å². The molecule has 102 valence electrons. The van der Waals surface area contributed by atoms with E-state index in [2.05, 4.69) is 4.98 Å². The molecule has 0 aromatic carbocycles. The quantitative estimate of drug-likeness (QED) is 0.821. The van der Waals surface area contributed by atoms with Crippen molar-refractivity contribution in [2.24, 2.45) is 0 Å². The number of methoxy groups -OCH3 is 1. The smallest absolute Gasteiger partial charge is 0.337 e. The fourth-order valence-corrected chi connectivity index (χ4v) is 1.78. The van der Waals surface area contributed by atoms with Crippen molar-refractivity contribution in [3.05, 3.63) is 22.8 Å². The highest BCUT2D eigenvalue weighted by atomic mass is 35.5. The lowest BCUT2D eigenvalue weighted by Crippen LogP contribution is -2.29. The number of nitrogens with zero attached hydrogens (tertiary/aromatic N) is 3. The third kappa shape index (κ3) is 4.39. The molecule has 0 saturated heterocycles. The van der Waals surface area contributed by atoms with Gasteiger partial charge in [0.05, 0.1) is 29.7 Å². The highest BCUT2D eigenvalue weighted by Crippen LogP contribution is 2.24. The number of rotatable bonds is 7. The van der Waals surface area contributed by atoms with Gasteiger partial charge in [0, 0.05) is 26.4 Å². The van der Waals surface area contributed by atoms with E-state index in [9.17, 15) is 4.79 Å². The number of pyridine rings is 1. The largest absolute Gasteiger partial charge is 0.478 e. The number of carboxylic acids is 1. The molecule has 0 atom stereocenters. The van der Waals surface area contributed by atoms with E-state index in [1.165, 1.54) is 12.3 Å². The molecule has 0 spiro atoms. The summed E-state index contributed by atoms with van der Waals surface area (Å²) in [6, 6.07) is 3.39. The first kappa shape index (κ1) is 15.2. The monoisotopic (exact) mass is 283 g/mol. The van der Waals surface area contributed by atoms with Crippen molar-refractivity contribution < 1.29 is 14.6 Å². The van der Waals surface area contributed by atoms with Crippen LogP contribution in [0.15, 0.2) is 12.3 Å². The van der Waals surface area contributed by atoms with Gasteiger partial charge in [-0.3, -0.25) is 0 Å². The summed E-state index contributed by atoms with van der Waals surface area (Å²) < 4.78 is 4.99. The predicted molar refractivity (Wildman–Crippen MR) is 70.5 cm³/mol. The normalized spacial score (nSPS) is 9.95. The van der Waals surface area contributed by atoms with Gasteiger partial charge in [-0.2, -0.15) is 5.26 Å². The number of anilines is 1. The summed E-state index contributed by atoms with van der Waals surface area (Å²) in [4.78, 5) is 16.6. The van der Waals surface area contributed by atoms with Crippen LogP contribution in [-0.4, -0.2) is 42.9 Å². The predicted octanol–water partition coefficient (Wildman–Crippen LogP) is 1.80. The zero-order valence-electron chi connectivity index (χ0n) is 10.5. The van der Waals surface area contributed by atoms with E-state index in [4.69, 9.17) is 26.7 Å². The van der Waals surface area contributed by atoms with Crippen LogP contribution in [0.1, 0.15) is 16.8 Å². The molecule has 0 saturated carbocycles. The molecule has 0 aliphatic rings. The lowest BCUT2D eigenvalue weighted by atomic mass is 10.2. The highest BCUT2D eigenvalue weighted by molar-refractivity contribution is 6.33. The summed E-state index contributed by atoms with van der Waals surface area (Å²) in [5.74, 6) is -0.625. The van der Waals surface area contributed by atoms with Crippen LogP contribution in [0.4, 0.5) is 5.82 Å². The fraction of sp³-hybridized carbons (Fsp3) is 0.417. The highest BCUT2D eigenvalue weighted by Gasteiger charge is 2.14. The van der Waals surface area contributed by atoms with Crippen molar-refractivity contribution in [2.45, 2.75) is 6.42 Å². The number of ether oxygens (including phenoxy) is 1. The van der Waals surface area contributed by atoms with Gasteiger partial charge in [-0.1, -0.05) is 11.6 Å². The van der Waals surface area contributed by atoms with E-state index in [-0.39, 0.29) is 10.6 Å². The Balaban J connectivity index is 2.94. The second kappa shape index (κ2) is 7.56. The molecule has 0 radical (unpaired) electrons. The molecule has 1 aromatic rings. The van der Waals surface area contributed by atoms with Crippen molar-refractivity contribution in [1.29, 1.82) is 5.26 Å². The van der Waals surface area contributed by atoms with Crippen LogP contribution in [0.3, 0.4) is 0 Å². The molecule has 0 aliphatic carbocycles. The number of hydrogen-bond donors (Lipinski definition) is 1. The molecular weight excluding hydrogens is 270 g/mol. The number of aromatic carboxylic acids is 1. The van der Waals surface area contributed by atoms with Gasteiger partial charge in [0.25, 0.3) is 0 Å². The van der Waals surface area contributed by atoms with Gasteiger partial charge >= 0.3 is 5.97 Å². The number of carbonyl (C=O) groups is 1. The topological polar surface area (TPSA) is 86.5 Å². The Morgan fingerprint density at radius 2 is 2.37 bits per heavy atom. The average Bonchev–Trinajstić information content (AvgIpc) is 2.39. The fourth-order valence-electron chi connectivity index (χ4n) is 1.49. The first-order chi connectivity index (χ1) is 9.10. The Labute approximate surface area is 116 Å². The lowest BCUT2D eigenvalue weighted by molar-refractivity contribution is 0.0696. The SMILES string of the molecule is COCCN(CCC#N)c1ncc(C(=O)O)cc1Cl. The summed E-state index contributed by atoms with van der Waals surface area (Å²) in [5, 5.41) is 17.7. The van der Waals surface area contributed by atoms with Crippen molar-refractivity contribution >= 4 is 23.4 Å². The van der Waals surface area contributed by atoms with Crippen LogP contribution in [0, 0.1) is 11.3 Å². The second-order valence-electron chi connectivity index (χ2n) is 3.72. The van der Waals surface area contributed by atoms with Crippen LogP contribution in [0.2, 0.25) is 5.02 Å². The minimum atomic E-state index is -1.08. The van der Waals surface area contributed by atoms with E-state index in [0.29, 0.717) is 31.9 Å². The standard InChI is InChI=1S/C12H14ClN3O3/c1-19-6-5-16(4-2-3-14)11-10(13)7-9(8-15-11)12(17)18/h7-8H,2,4-6H2,1H3,(H,17,18). The van der Waals surface area contributed by atoms with E-state index in [0.717, 1.165) is 0 Å². The van der Waals surface area contributed by atoms with E-state index in [1.54, 1.807) is 12.0 Å². The summed E-state index contributed by atoms with van der Waals surface area (Å²) in [7, 11) is 1.57. The van der Waals surface area contributed by atoms with Gasteiger partial charge < -0.3 is 14.7 Å². The van der Waals surface area contributed by atoms with Crippen LogP contribution < -0.4 is 4.90 Å². The Hall–Kier alpha value is -1.84. The van der Waals surface area contributed by atoms with Gasteiger partial charge in [0.1, 0.15) is 5.82 Å². The number of hydrogen-bond acceptors (Lipinski definition) is 5. The molecule has 7 heteroatoms. The van der Waals surface area contributed by atoms with Crippen LogP contribution in [-0.2, 0) is 4.74 Å². The maximum Gasteiger partial charge on any atom is 0.337 e. The molecule has 0 fully saturated rings. The first-order valence-corrected chi connectivity index (χ1v) is 5.97. The maximum atomic E-state index is 10.8. The van der Waals surface area contributed by atoms with Crippen molar-refractivity contribution in [3.8, 4) is 6.07 Å². The van der Waals surface area contributed by atoms with Gasteiger partial charge in [0.15, 0.2) is 0 Å². The van der Waals surface area contributed by atoms with Crippen molar-refractivity contribution in [3.63, 3.8) is 0 Å². The summed E-state index contributed by atoms with van der Waals surface area (Å²) >= 11 is 6.03. The number of aromatic nitrogens is 1. The van der Waals surface area contributed by atoms with Crippen LogP contribution >= 0.6 is 11.6 Å². The minimum absolute atomic E-state index is 0.0284. The molecule has 6 nitrogen and oxygen atoms in total.